The van der Waals surface area contributed by atoms with E-state index in [1.807, 2.05) is 30.5 Å². The molecule has 3 heterocycles. The van der Waals surface area contributed by atoms with Crippen molar-refractivity contribution in [2.24, 2.45) is 0 Å². The number of rotatable bonds is 5. The summed E-state index contributed by atoms with van der Waals surface area (Å²) >= 11 is 1.34. The number of esters is 1. The van der Waals surface area contributed by atoms with Crippen molar-refractivity contribution >= 4 is 34.4 Å². The Labute approximate surface area is 225 Å². The number of hydrogen-bond donors (Lipinski definition) is 1. The van der Waals surface area contributed by atoms with E-state index >= 15 is 0 Å². The highest BCUT2D eigenvalue weighted by Crippen LogP contribution is 2.50. The van der Waals surface area contributed by atoms with E-state index in [1.165, 1.54) is 17.4 Å². The maximum Gasteiger partial charge on any atom is 0.353 e. The molecule has 4 aromatic rings. The molecule has 0 radical (unpaired) electrons. The van der Waals surface area contributed by atoms with Gasteiger partial charge in [-0.3, -0.25) is 0 Å². The maximum absolute atomic E-state index is 14.4. The molecule has 0 bridgehead atoms. The molecule has 0 spiro atoms. The topological polar surface area (TPSA) is 50.8 Å². The third-order valence-electron chi connectivity index (χ3n) is 6.99. The summed E-state index contributed by atoms with van der Waals surface area (Å²) in [5.74, 6) is 0.365. The summed E-state index contributed by atoms with van der Waals surface area (Å²) in [6.07, 6.45) is 2.21. The Bertz CT molecular complexity index is 1610. The number of carbonyl (C=O) groups is 1. The summed E-state index contributed by atoms with van der Waals surface area (Å²) in [7, 11) is 1.61. The largest absolute Gasteiger partial charge is 0.496 e. The smallest absolute Gasteiger partial charge is 0.353 e. The summed E-state index contributed by atoms with van der Waals surface area (Å²) in [6.45, 7) is 6.85. The number of hydrogen-bond acceptors (Lipinski definition) is 6. The monoisotopic (exact) mass is 526 g/mol. The van der Waals surface area contributed by atoms with Crippen LogP contribution in [0, 0.1) is 12.7 Å². The van der Waals surface area contributed by atoms with Crippen LogP contribution in [0.25, 0.3) is 16.8 Å². The van der Waals surface area contributed by atoms with Gasteiger partial charge in [-0.15, -0.1) is 11.3 Å². The molecule has 0 aliphatic carbocycles. The SMILES string of the molecule is COc1cc(OC(=O)c2cccs2)ccc1-c1ccc2c3c1CN(c1cc(F)ccc1C)C3=CC(C)(C)N2. The van der Waals surface area contributed by atoms with Crippen molar-refractivity contribution in [3.8, 4) is 22.6 Å². The Kier molecular flexibility index (Phi) is 5.76. The molecule has 2 aliphatic heterocycles. The zero-order valence-corrected chi connectivity index (χ0v) is 22.4. The van der Waals surface area contributed by atoms with Gasteiger partial charge in [0.05, 0.1) is 12.6 Å². The number of ether oxygens (including phenoxy) is 2. The van der Waals surface area contributed by atoms with Gasteiger partial charge in [0.15, 0.2) is 0 Å². The van der Waals surface area contributed by atoms with E-state index in [1.54, 1.807) is 31.4 Å². The third-order valence-corrected chi connectivity index (χ3v) is 7.84. The molecule has 7 heteroatoms. The first kappa shape index (κ1) is 24.2. The van der Waals surface area contributed by atoms with Gasteiger partial charge in [-0.25, -0.2) is 9.18 Å². The van der Waals surface area contributed by atoms with Gasteiger partial charge in [0.2, 0.25) is 0 Å². The van der Waals surface area contributed by atoms with Crippen LogP contribution >= 0.6 is 11.3 Å². The van der Waals surface area contributed by atoms with Crippen molar-refractivity contribution in [3.05, 3.63) is 99.5 Å². The molecule has 0 saturated carbocycles. The Morgan fingerprint density at radius 3 is 2.66 bits per heavy atom. The summed E-state index contributed by atoms with van der Waals surface area (Å²) in [5.41, 5.74) is 7.85. The van der Waals surface area contributed by atoms with E-state index in [0.29, 0.717) is 22.9 Å². The van der Waals surface area contributed by atoms with Gasteiger partial charge in [0, 0.05) is 40.8 Å². The van der Waals surface area contributed by atoms with Crippen LogP contribution in [0.2, 0.25) is 0 Å². The lowest BCUT2D eigenvalue weighted by Crippen LogP contribution is -2.33. The number of aryl methyl sites for hydroxylation is 1. The average Bonchev–Trinajstić information content (AvgIpc) is 3.55. The highest BCUT2D eigenvalue weighted by molar-refractivity contribution is 7.12. The number of nitrogens with one attached hydrogen (secondary N) is 1. The van der Waals surface area contributed by atoms with Gasteiger partial charge in [-0.1, -0.05) is 18.2 Å². The summed E-state index contributed by atoms with van der Waals surface area (Å²) in [4.78, 5) is 15.2. The summed E-state index contributed by atoms with van der Waals surface area (Å²) in [6, 6.07) is 18.1. The van der Waals surface area contributed by atoms with Crippen LogP contribution in [0.5, 0.6) is 11.5 Å². The van der Waals surface area contributed by atoms with Gasteiger partial charge in [-0.05, 0) is 85.3 Å². The van der Waals surface area contributed by atoms with Crippen LogP contribution in [-0.2, 0) is 6.54 Å². The minimum absolute atomic E-state index is 0.259. The number of anilines is 2. The molecular weight excluding hydrogens is 499 g/mol. The molecule has 5 nitrogen and oxygen atoms in total. The van der Waals surface area contributed by atoms with E-state index in [9.17, 15) is 9.18 Å². The first-order chi connectivity index (χ1) is 18.2. The molecular formula is C31H27FN2O3S. The molecule has 192 valence electrons. The van der Waals surface area contributed by atoms with Crippen LogP contribution in [0.4, 0.5) is 15.8 Å². The van der Waals surface area contributed by atoms with Crippen LogP contribution in [0.1, 0.15) is 40.2 Å². The van der Waals surface area contributed by atoms with Crippen LogP contribution in [0.3, 0.4) is 0 Å². The van der Waals surface area contributed by atoms with E-state index < -0.39 is 5.97 Å². The molecule has 3 aromatic carbocycles. The van der Waals surface area contributed by atoms with Gasteiger partial charge < -0.3 is 19.7 Å². The molecule has 6 rings (SSSR count). The second-order valence-electron chi connectivity index (χ2n) is 10.1. The molecule has 2 aliphatic rings. The van der Waals surface area contributed by atoms with Crippen LogP contribution in [0.15, 0.2) is 72.1 Å². The lowest BCUT2D eigenvalue weighted by molar-refractivity contribution is 0.0739. The first-order valence-corrected chi connectivity index (χ1v) is 13.3. The fraction of sp³-hybridized carbons (Fsp3) is 0.194. The zero-order valence-electron chi connectivity index (χ0n) is 21.6. The van der Waals surface area contributed by atoms with Gasteiger partial charge in [0.25, 0.3) is 0 Å². The van der Waals surface area contributed by atoms with E-state index in [4.69, 9.17) is 9.47 Å². The molecule has 1 N–H and O–H groups in total. The fourth-order valence-electron chi connectivity index (χ4n) is 5.31. The Balaban J connectivity index is 1.44. The van der Waals surface area contributed by atoms with Crippen molar-refractivity contribution in [3.63, 3.8) is 0 Å². The van der Waals surface area contributed by atoms with Gasteiger partial charge in [-0.2, -0.15) is 0 Å². The molecule has 0 amide bonds. The molecule has 0 saturated heterocycles. The van der Waals surface area contributed by atoms with Crippen molar-refractivity contribution in [2.45, 2.75) is 32.9 Å². The second-order valence-corrected chi connectivity index (χ2v) is 11.1. The predicted molar refractivity (Wildman–Crippen MR) is 151 cm³/mol. The molecule has 0 atom stereocenters. The Hall–Kier alpha value is -4.10. The first-order valence-electron chi connectivity index (χ1n) is 12.4. The fourth-order valence-corrected chi connectivity index (χ4v) is 5.91. The quantitative estimate of drug-likeness (QED) is 0.214. The number of carbonyl (C=O) groups excluding carboxylic acids is 1. The predicted octanol–water partition coefficient (Wildman–Crippen LogP) is 7.66. The van der Waals surface area contributed by atoms with Gasteiger partial charge >= 0.3 is 5.97 Å². The molecule has 0 unspecified atom stereocenters. The minimum Gasteiger partial charge on any atom is -0.496 e. The van der Waals surface area contributed by atoms with Crippen molar-refractivity contribution < 1.29 is 18.7 Å². The lowest BCUT2D eigenvalue weighted by Gasteiger charge is -2.33. The summed E-state index contributed by atoms with van der Waals surface area (Å²) < 4.78 is 25.7. The van der Waals surface area contributed by atoms with E-state index in [-0.39, 0.29) is 11.4 Å². The number of benzene rings is 3. The second kappa shape index (κ2) is 9.03. The minimum atomic E-state index is -0.397. The Morgan fingerprint density at radius 2 is 1.89 bits per heavy atom. The lowest BCUT2D eigenvalue weighted by atomic mass is 9.89. The van der Waals surface area contributed by atoms with E-state index in [2.05, 4.69) is 42.3 Å². The maximum atomic E-state index is 14.4. The van der Waals surface area contributed by atoms with Gasteiger partial charge in [0.1, 0.15) is 22.2 Å². The van der Waals surface area contributed by atoms with Crippen LogP contribution in [-0.4, -0.2) is 18.6 Å². The summed E-state index contributed by atoms with van der Waals surface area (Å²) in [5, 5.41) is 5.47. The highest BCUT2D eigenvalue weighted by Gasteiger charge is 2.37. The van der Waals surface area contributed by atoms with Crippen molar-refractivity contribution in [2.75, 3.05) is 17.3 Å². The van der Waals surface area contributed by atoms with Crippen LogP contribution < -0.4 is 19.7 Å². The molecule has 38 heavy (non-hydrogen) atoms. The standard InChI is InChI=1S/C31H27FN2O3S/c1-18-7-8-19(32)14-25(18)34-17-23-21(11-12-24-29(23)26(34)16-31(2,3)33-24)22-10-9-20(15-27(22)36-4)37-30(35)28-6-5-13-38-28/h5-16,33H,17H2,1-4H3. The molecule has 0 fully saturated rings. The van der Waals surface area contributed by atoms with Crippen molar-refractivity contribution in [1.29, 1.82) is 0 Å². The number of nitrogens with zero attached hydrogens (tertiary/aromatic N) is 1. The average molecular weight is 527 g/mol. The number of thiophene rings is 1. The van der Waals surface area contributed by atoms with Crippen molar-refractivity contribution in [1.82, 2.24) is 0 Å². The number of methoxy groups -OCH3 is 1. The van der Waals surface area contributed by atoms with E-state index in [0.717, 1.165) is 44.9 Å². The normalized spacial score (nSPS) is 15.0. The molecule has 1 aromatic heterocycles. The number of halogens is 1. The highest BCUT2D eigenvalue weighted by atomic mass is 32.1. The Morgan fingerprint density at radius 1 is 1.08 bits per heavy atom. The third kappa shape index (κ3) is 4.13. The zero-order chi connectivity index (χ0) is 26.6.